The van der Waals surface area contributed by atoms with E-state index < -0.39 is 17.4 Å². The van der Waals surface area contributed by atoms with Crippen LogP contribution in [0, 0.1) is 5.92 Å². The van der Waals surface area contributed by atoms with Crippen LogP contribution in [0.1, 0.15) is 42.1 Å². The van der Waals surface area contributed by atoms with Gasteiger partial charge < -0.3 is 20.4 Å². The number of hydrogen-bond donors (Lipinski definition) is 3. The third-order valence-corrected chi connectivity index (χ3v) is 8.11. The molecule has 0 aromatic heterocycles. The van der Waals surface area contributed by atoms with Gasteiger partial charge in [0.1, 0.15) is 0 Å². The summed E-state index contributed by atoms with van der Waals surface area (Å²) in [6.45, 7) is 2.30. The van der Waals surface area contributed by atoms with Crippen molar-refractivity contribution in [2.75, 3.05) is 23.4 Å². The van der Waals surface area contributed by atoms with E-state index in [1.54, 1.807) is 47.1 Å². The number of rotatable bonds is 6. The molecule has 0 aliphatic carbocycles. The van der Waals surface area contributed by atoms with Crippen molar-refractivity contribution in [1.82, 2.24) is 4.90 Å². The molecule has 3 aromatic carbocycles. The molecule has 8 nitrogen and oxygen atoms in total. The van der Waals surface area contributed by atoms with Gasteiger partial charge in [0.2, 0.25) is 5.91 Å². The predicted molar refractivity (Wildman–Crippen MR) is 144 cm³/mol. The first kappa shape index (κ1) is 24.3. The van der Waals surface area contributed by atoms with Crippen LogP contribution in [0.25, 0.3) is 10.8 Å². The quantitative estimate of drug-likeness (QED) is 0.436. The van der Waals surface area contributed by atoms with Gasteiger partial charge in [-0.15, -0.1) is 0 Å². The fourth-order valence-electron chi connectivity index (χ4n) is 6.04. The Balaban J connectivity index is 1.29. The Hall–Kier alpha value is -4.01. The molecule has 3 aliphatic heterocycles. The molecule has 6 rings (SSSR count). The number of carbonyl (C=O) groups is 3. The maximum atomic E-state index is 13.4. The van der Waals surface area contributed by atoms with Crippen LogP contribution >= 0.6 is 0 Å². The highest BCUT2D eigenvalue weighted by atomic mass is 16.3. The van der Waals surface area contributed by atoms with Crippen molar-refractivity contribution in [3.63, 3.8) is 0 Å². The number of hydrogen-bond acceptors (Lipinski definition) is 5. The minimum atomic E-state index is -1.87. The summed E-state index contributed by atoms with van der Waals surface area (Å²) < 4.78 is 0. The van der Waals surface area contributed by atoms with Gasteiger partial charge in [-0.2, -0.15) is 0 Å². The van der Waals surface area contributed by atoms with Crippen LogP contribution in [0.3, 0.4) is 0 Å². The van der Waals surface area contributed by atoms with Gasteiger partial charge in [-0.25, -0.2) is 0 Å². The minimum absolute atomic E-state index is 0.0516. The lowest BCUT2D eigenvalue weighted by atomic mass is 9.82. The van der Waals surface area contributed by atoms with E-state index in [0.717, 1.165) is 29.3 Å². The lowest BCUT2D eigenvalue weighted by Gasteiger charge is -2.27. The topological polar surface area (TPSA) is 110 Å². The molecule has 3 aliphatic rings. The molecule has 3 aromatic rings. The molecule has 38 heavy (non-hydrogen) atoms. The number of anilines is 3. The number of amides is 3. The molecule has 3 N–H and O–H groups in total. The monoisotopic (exact) mass is 511 g/mol. The Labute approximate surface area is 220 Å². The molecule has 0 bridgehead atoms. The van der Waals surface area contributed by atoms with Gasteiger partial charge >= 0.3 is 0 Å². The number of benzene rings is 3. The van der Waals surface area contributed by atoms with E-state index in [9.17, 15) is 24.6 Å². The first-order chi connectivity index (χ1) is 18.3. The van der Waals surface area contributed by atoms with Crippen molar-refractivity contribution >= 4 is 45.6 Å². The van der Waals surface area contributed by atoms with Crippen LogP contribution in [0.15, 0.2) is 66.7 Å². The van der Waals surface area contributed by atoms with Crippen LogP contribution in [-0.2, 0) is 15.2 Å². The Kier molecular flexibility index (Phi) is 5.81. The van der Waals surface area contributed by atoms with Crippen molar-refractivity contribution in [2.45, 2.75) is 37.8 Å². The predicted octanol–water partition coefficient (Wildman–Crippen LogP) is 3.84. The number of likely N-dealkylation sites (tertiary alicyclic amines) is 1. The molecular weight excluding hydrogens is 482 g/mol. The standard InChI is InChI=1S/C30H29N3O5/c1-18(6-2-12-26(35)32-15-5-9-21(32)17-34)30(38)23-16-20(13-14-24(23)31-29(30)37)33-25-11-4-8-19-7-3-10-22(27(19)25)28(33)36/h2-4,6-8,10-11,13-14,16,18,21,34,38H,5,9,12,15,17H2,1H3,(H,31,37)/b6-2+/t18-,21-,30+/m0/s1. The highest BCUT2D eigenvalue weighted by molar-refractivity contribution is 6.28. The highest BCUT2D eigenvalue weighted by Crippen LogP contribution is 2.47. The Morgan fingerprint density at radius 2 is 1.97 bits per heavy atom. The minimum Gasteiger partial charge on any atom is -0.394 e. The van der Waals surface area contributed by atoms with Crippen LogP contribution in [0.4, 0.5) is 17.1 Å². The van der Waals surface area contributed by atoms with E-state index in [4.69, 9.17) is 0 Å². The van der Waals surface area contributed by atoms with E-state index >= 15 is 0 Å². The summed E-state index contributed by atoms with van der Waals surface area (Å²) in [5.41, 5.74) is 0.946. The molecule has 3 atom stereocenters. The molecule has 0 unspecified atom stereocenters. The van der Waals surface area contributed by atoms with Crippen molar-refractivity contribution in [1.29, 1.82) is 0 Å². The van der Waals surface area contributed by atoms with Crippen LogP contribution < -0.4 is 10.2 Å². The summed E-state index contributed by atoms with van der Waals surface area (Å²) in [5.74, 6) is -1.44. The number of carbonyl (C=O) groups excluding carboxylic acids is 3. The molecule has 8 heteroatoms. The van der Waals surface area contributed by atoms with Gasteiger partial charge in [0.05, 0.1) is 23.9 Å². The zero-order chi connectivity index (χ0) is 26.6. The van der Waals surface area contributed by atoms with Crippen LogP contribution in [0.5, 0.6) is 0 Å². The number of nitrogens with zero attached hydrogens (tertiary/aromatic N) is 2. The second-order valence-corrected chi connectivity index (χ2v) is 10.3. The maximum Gasteiger partial charge on any atom is 0.263 e. The molecular formula is C30H29N3O5. The second kappa shape index (κ2) is 9.08. The molecule has 0 radical (unpaired) electrons. The maximum absolute atomic E-state index is 13.4. The van der Waals surface area contributed by atoms with Crippen molar-refractivity contribution < 1.29 is 24.6 Å². The number of fused-ring (bicyclic) bond motifs is 1. The number of aliphatic hydroxyl groups excluding tert-OH is 1. The second-order valence-electron chi connectivity index (χ2n) is 10.3. The van der Waals surface area contributed by atoms with Crippen molar-refractivity contribution in [3.8, 4) is 0 Å². The SMILES string of the molecule is C[C@@H](/C=C/CC(=O)N1CCC[C@H]1CO)[C@]1(O)C(=O)Nc2ccc(N3C(=O)c4cccc5cccc3c45)cc21. The van der Waals surface area contributed by atoms with Gasteiger partial charge in [-0.05, 0) is 48.6 Å². The lowest BCUT2D eigenvalue weighted by Crippen LogP contribution is -2.40. The van der Waals surface area contributed by atoms with Crippen molar-refractivity contribution in [3.05, 3.63) is 77.9 Å². The zero-order valence-electron chi connectivity index (χ0n) is 21.1. The molecule has 1 saturated heterocycles. The summed E-state index contributed by atoms with van der Waals surface area (Å²) >= 11 is 0. The highest BCUT2D eigenvalue weighted by Gasteiger charge is 2.49. The average molecular weight is 512 g/mol. The molecule has 0 saturated carbocycles. The molecule has 3 amide bonds. The summed E-state index contributed by atoms with van der Waals surface area (Å²) in [6, 6.07) is 16.4. The first-order valence-corrected chi connectivity index (χ1v) is 13.0. The summed E-state index contributed by atoms with van der Waals surface area (Å²) in [4.78, 5) is 42.4. The molecule has 194 valence electrons. The lowest BCUT2D eigenvalue weighted by molar-refractivity contribution is -0.137. The van der Waals surface area contributed by atoms with Crippen LogP contribution in [-0.4, -0.2) is 52.0 Å². The smallest absolute Gasteiger partial charge is 0.263 e. The number of aliphatic hydroxyl groups is 2. The zero-order valence-corrected chi connectivity index (χ0v) is 21.1. The normalized spacial score (nSPS) is 23.0. The van der Waals surface area contributed by atoms with E-state index in [0.29, 0.717) is 29.0 Å². The largest absolute Gasteiger partial charge is 0.394 e. The number of nitrogens with one attached hydrogen (secondary N) is 1. The van der Waals surface area contributed by atoms with Gasteiger partial charge in [0.25, 0.3) is 11.8 Å². The summed E-state index contributed by atoms with van der Waals surface area (Å²) in [6.07, 6.45) is 5.14. The third kappa shape index (κ3) is 3.55. The molecule has 0 spiro atoms. The summed E-state index contributed by atoms with van der Waals surface area (Å²) in [5, 5.41) is 25.8. The fraction of sp³-hybridized carbons (Fsp3) is 0.300. The van der Waals surface area contributed by atoms with Gasteiger partial charge in [0, 0.05) is 41.2 Å². The van der Waals surface area contributed by atoms with E-state index in [1.165, 1.54) is 0 Å². The Morgan fingerprint density at radius 3 is 2.76 bits per heavy atom. The molecule has 3 heterocycles. The Bertz CT molecular complexity index is 1510. The third-order valence-electron chi connectivity index (χ3n) is 8.11. The van der Waals surface area contributed by atoms with Gasteiger partial charge in [-0.3, -0.25) is 19.3 Å². The van der Waals surface area contributed by atoms with Crippen molar-refractivity contribution in [2.24, 2.45) is 5.92 Å². The first-order valence-electron chi connectivity index (χ1n) is 13.0. The van der Waals surface area contributed by atoms with E-state index in [1.807, 2.05) is 36.4 Å². The average Bonchev–Trinajstić information content (AvgIpc) is 3.59. The van der Waals surface area contributed by atoms with Crippen LogP contribution in [0.2, 0.25) is 0 Å². The summed E-state index contributed by atoms with van der Waals surface area (Å²) in [7, 11) is 0. The molecule has 1 fully saturated rings. The Morgan fingerprint density at radius 1 is 1.18 bits per heavy atom. The van der Waals surface area contributed by atoms with E-state index in [2.05, 4.69) is 5.32 Å². The van der Waals surface area contributed by atoms with E-state index in [-0.39, 0.29) is 30.9 Å². The fourth-order valence-corrected chi connectivity index (χ4v) is 6.04. The van der Waals surface area contributed by atoms with Gasteiger partial charge in [0.15, 0.2) is 5.60 Å². The van der Waals surface area contributed by atoms with Gasteiger partial charge in [-0.1, -0.05) is 43.3 Å².